The minimum absolute atomic E-state index is 0.174. The van der Waals surface area contributed by atoms with E-state index in [4.69, 9.17) is 39.5 Å². The second-order valence-corrected chi connectivity index (χ2v) is 7.26. The molecule has 0 aliphatic carbocycles. The van der Waals surface area contributed by atoms with Crippen LogP contribution < -0.4 is 10.1 Å². The molecule has 7 heteroatoms. The third-order valence-corrected chi connectivity index (χ3v) is 3.05. The fourth-order valence-electron chi connectivity index (χ4n) is 1.52. The van der Waals surface area contributed by atoms with Crippen molar-refractivity contribution < 1.29 is 14.3 Å². The van der Waals surface area contributed by atoms with Gasteiger partial charge in [-0.1, -0.05) is 48.7 Å². The van der Waals surface area contributed by atoms with Gasteiger partial charge in [0, 0.05) is 12.0 Å². The predicted octanol–water partition coefficient (Wildman–Crippen LogP) is 3.74. The molecule has 116 valence electrons. The van der Waals surface area contributed by atoms with Crippen molar-refractivity contribution in [3.63, 3.8) is 0 Å². The van der Waals surface area contributed by atoms with Crippen molar-refractivity contribution in [2.45, 2.75) is 30.3 Å². The van der Waals surface area contributed by atoms with Gasteiger partial charge in [-0.15, -0.1) is 0 Å². The molecule has 1 aromatic carbocycles. The van der Waals surface area contributed by atoms with E-state index in [1.807, 2.05) is 13.8 Å². The van der Waals surface area contributed by atoms with Crippen LogP contribution in [0.2, 0.25) is 0 Å². The van der Waals surface area contributed by atoms with E-state index in [-0.39, 0.29) is 11.8 Å². The van der Waals surface area contributed by atoms with Gasteiger partial charge in [-0.3, -0.25) is 9.59 Å². The molecule has 0 aliphatic rings. The zero-order valence-corrected chi connectivity index (χ0v) is 13.9. The van der Waals surface area contributed by atoms with Crippen molar-refractivity contribution in [2.75, 3.05) is 0 Å². The summed E-state index contributed by atoms with van der Waals surface area (Å²) in [4.78, 5) is 22.4. The number of benzene rings is 1. The highest BCUT2D eigenvalue weighted by molar-refractivity contribution is 6.68. The van der Waals surface area contributed by atoms with E-state index < -0.39 is 10.0 Å². The first-order chi connectivity index (χ1) is 9.72. The highest BCUT2D eigenvalue weighted by Gasteiger charge is 2.36. The first-order valence-electron chi connectivity index (χ1n) is 6.30. The van der Waals surface area contributed by atoms with E-state index in [0.29, 0.717) is 24.0 Å². The fraction of sp³-hybridized carbons (Fsp3) is 0.429. The Balaban J connectivity index is 2.78. The molecule has 0 saturated heterocycles. The molecule has 1 N–H and O–H groups in total. The van der Waals surface area contributed by atoms with Crippen molar-refractivity contribution in [1.82, 2.24) is 5.32 Å². The number of hydrogen-bond acceptors (Lipinski definition) is 3. The molecule has 0 radical (unpaired) electrons. The van der Waals surface area contributed by atoms with Crippen molar-refractivity contribution in [1.29, 1.82) is 0 Å². The molecule has 0 spiro atoms. The summed E-state index contributed by atoms with van der Waals surface area (Å²) in [6, 6.07) is 6.24. The van der Waals surface area contributed by atoms with Gasteiger partial charge in [0.2, 0.25) is 15.9 Å². The summed E-state index contributed by atoms with van der Waals surface area (Å²) < 4.78 is 3.66. The number of carbonyl (C=O) groups excluding carboxylic acids is 2. The Hall–Kier alpha value is -0.970. The lowest BCUT2D eigenvalue weighted by Crippen LogP contribution is -2.48. The molecule has 0 aliphatic heterocycles. The maximum atomic E-state index is 11.8. The van der Waals surface area contributed by atoms with Gasteiger partial charge in [0.25, 0.3) is 0 Å². The Morgan fingerprint density at radius 2 is 1.86 bits per heavy atom. The average Bonchev–Trinajstić information content (AvgIpc) is 2.36. The van der Waals surface area contributed by atoms with Gasteiger partial charge in [0.1, 0.15) is 12.0 Å². The molecule has 0 bridgehead atoms. The number of aldehydes is 1. The van der Waals surface area contributed by atoms with E-state index >= 15 is 0 Å². The van der Waals surface area contributed by atoms with Crippen LogP contribution in [0, 0.1) is 5.92 Å². The normalized spacial score (nSPS) is 12.9. The molecule has 0 saturated carbocycles. The SMILES string of the molecule is CC(C)CC(=O)N[C@@H](Oc1ccc(C=O)cc1)C(Cl)(Cl)Cl. The van der Waals surface area contributed by atoms with Crippen LogP contribution in [0.3, 0.4) is 0 Å². The highest BCUT2D eigenvalue weighted by atomic mass is 35.6. The van der Waals surface area contributed by atoms with E-state index in [0.717, 1.165) is 0 Å². The molecular formula is C14H16Cl3NO3. The summed E-state index contributed by atoms with van der Waals surface area (Å²) >= 11 is 17.5. The van der Waals surface area contributed by atoms with Crippen molar-refractivity contribution in [2.24, 2.45) is 5.92 Å². The lowest BCUT2D eigenvalue weighted by Gasteiger charge is -2.26. The number of halogens is 3. The van der Waals surface area contributed by atoms with E-state index in [1.54, 1.807) is 24.3 Å². The number of hydrogen-bond donors (Lipinski definition) is 1. The summed E-state index contributed by atoms with van der Waals surface area (Å²) in [5.74, 6) is 0.278. The van der Waals surface area contributed by atoms with Crippen LogP contribution in [-0.2, 0) is 4.79 Å². The van der Waals surface area contributed by atoms with E-state index in [2.05, 4.69) is 5.32 Å². The topological polar surface area (TPSA) is 55.4 Å². The molecule has 1 aromatic rings. The Morgan fingerprint density at radius 3 is 2.29 bits per heavy atom. The second-order valence-electron chi connectivity index (χ2n) is 4.89. The maximum Gasteiger partial charge on any atom is 0.246 e. The number of carbonyl (C=O) groups is 2. The van der Waals surface area contributed by atoms with Gasteiger partial charge in [-0.2, -0.15) is 0 Å². The molecule has 0 unspecified atom stereocenters. The largest absolute Gasteiger partial charge is 0.466 e. The number of alkyl halides is 3. The highest BCUT2D eigenvalue weighted by Crippen LogP contribution is 2.32. The Morgan fingerprint density at radius 1 is 1.29 bits per heavy atom. The Labute approximate surface area is 138 Å². The van der Waals surface area contributed by atoms with Gasteiger partial charge in [0.05, 0.1) is 0 Å². The standard InChI is InChI=1S/C14H16Cl3NO3/c1-9(2)7-12(20)18-13(14(15,16)17)21-11-5-3-10(8-19)4-6-11/h3-6,8-9,13H,7H2,1-2H3,(H,18,20)/t13-/m0/s1. The molecule has 21 heavy (non-hydrogen) atoms. The quantitative estimate of drug-likeness (QED) is 0.482. The molecule has 1 rings (SSSR count). The van der Waals surface area contributed by atoms with E-state index in [9.17, 15) is 9.59 Å². The number of amides is 1. The zero-order chi connectivity index (χ0) is 16.0. The minimum atomic E-state index is -1.82. The summed E-state index contributed by atoms with van der Waals surface area (Å²) in [6.07, 6.45) is -0.124. The molecule has 4 nitrogen and oxygen atoms in total. The average molecular weight is 353 g/mol. The Kier molecular flexibility index (Phi) is 6.78. The summed E-state index contributed by atoms with van der Waals surface area (Å²) in [5, 5.41) is 2.54. The summed E-state index contributed by atoms with van der Waals surface area (Å²) in [6.45, 7) is 3.81. The molecule has 0 fully saturated rings. The predicted molar refractivity (Wildman–Crippen MR) is 84.1 cm³/mol. The van der Waals surface area contributed by atoms with Crippen molar-refractivity contribution >= 4 is 47.0 Å². The van der Waals surface area contributed by atoms with Crippen LogP contribution in [0.5, 0.6) is 5.75 Å². The van der Waals surface area contributed by atoms with Gasteiger partial charge >= 0.3 is 0 Å². The fourth-order valence-corrected chi connectivity index (χ4v) is 1.81. The lowest BCUT2D eigenvalue weighted by molar-refractivity contribution is -0.124. The van der Waals surface area contributed by atoms with Crippen LogP contribution >= 0.6 is 34.8 Å². The minimum Gasteiger partial charge on any atom is -0.466 e. The third-order valence-electron chi connectivity index (χ3n) is 2.45. The molecular weight excluding hydrogens is 337 g/mol. The maximum absolute atomic E-state index is 11.8. The first kappa shape index (κ1) is 18.1. The van der Waals surface area contributed by atoms with Crippen LogP contribution in [0.4, 0.5) is 0 Å². The summed E-state index contributed by atoms with van der Waals surface area (Å²) in [5.41, 5.74) is 0.497. The van der Waals surface area contributed by atoms with Gasteiger partial charge in [-0.25, -0.2) is 0 Å². The van der Waals surface area contributed by atoms with Gasteiger partial charge in [-0.05, 0) is 30.2 Å². The number of ether oxygens (including phenoxy) is 1. The van der Waals surface area contributed by atoms with Crippen molar-refractivity contribution in [3.05, 3.63) is 29.8 Å². The van der Waals surface area contributed by atoms with Gasteiger partial charge in [0.15, 0.2) is 0 Å². The molecule has 1 atom stereocenters. The molecule has 1 amide bonds. The van der Waals surface area contributed by atoms with Crippen LogP contribution in [0.1, 0.15) is 30.6 Å². The molecule has 0 aromatic heterocycles. The monoisotopic (exact) mass is 351 g/mol. The number of rotatable bonds is 6. The molecule has 0 heterocycles. The van der Waals surface area contributed by atoms with Crippen molar-refractivity contribution in [3.8, 4) is 5.75 Å². The zero-order valence-electron chi connectivity index (χ0n) is 11.6. The third kappa shape index (κ3) is 6.55. The van der Waals surface area contributed by atoms with Crippen LogP contribution in [0.25, 0.3) is 0 Å². The first-order valence-corrected chi connectivity index (χ1v) is 7.43. The second kappa shape index (κ2) is 7.87. The smallest absolute Gasteiger partial charge is 0.246 e. The Bertz CT molecular complexity index is 483. The van der Waals surface area contributed by atoms with E-state index in [1.165, 1.54) is 0 Å². The lowest BCUT2D eigenvalue weighted by atomic mass is 10.1. The van der Waals surface area contributed by atoms with Gasteiger partial charge < -0.3 is 10.1 Å². The number of nitrogens with one attached hydrogen (secondary N) is 1. The van der Waals surface area contributed by atoms with Crippen LogP contribution in [-0.4, -0.2) is 22.2 Å². The summed E-state index contributed by atoms with van der Waals surface area (Å²) in [7, 11) is 0. The van der Waals surface area contributed by atoms with Crippen LogP contribution in [0.15, 0.2) is 24.3 Å².